The number of nitrogens with one attached hydrogen (secondary N) is 1. The van der Waals surface area contributed by atoms with Gasteiger partial charge in [-0.05, 0) is 36.8 Å². The third-order valence-corrected chi connectivity index (χ3v) is 5.05. The van der Waals surface area contributed by atoms with Crippen LogP contribution in [0.4, 0.5) is 10.1 Å². The molecule has 1 unspecified atom stereocenters. The highest BCUT2D eigenvalue weighted by Gasteiger charge is 2.29. The van der Waals surface area contributed by atoms with Crippen molar-refractivity contribution in [3.05, 3.63) is 41.0 Å². The van der Waals surface area contributed by atoms with E-state index in [2.05, 4.69) is 15.3 Å². The van der Waals surface area contributed by atoms with E-state index in [-0.39, 0.29) is 11.3 Å². The molecular weight excluding hydrogens is 349 g/mol. The van der Waals surface area contributed by atoms with E-state index in [9.17, 15) is 0 Å². The lowest BCUT2D eigenvalue weighted by atomic mass is 9.81. The van der Waals surface area contributed by atoms with E-state index in [0.717, 1.165) is 17.3 Å². The molecule has 3 aromatic rings. The number of nitrogens with two attached hydrogens (primary N) is 1. The van der Waals surface area contributed by atoms with Gasteiger partial charge in [-0.25, -0.2) is 4.39 Å². The predicted molar refractivity (Wildman–Crippen MR) is 99.5 cm³/mol. The monoisotopic (exact) mass is 377 g/mol. The molecule has 4 rings (SSSR count). The number of aromatic amines is 1. The number of aromatic nitrogens is 4. The SMILES string of the molecule is [2H]C([2H])([2H])Oc1cc(OC([2H])([2H])[2H])c(F)c(C2CCc3c(-c4c(N)cnn4C)n[nH]c3C2)c1. The number of hydrogen-bond donors (Lipinski definition) is 2. The Bertz CT molecular complexity index is 1170. The lowest BCUT2D eigenvalue weighted by molar-refractivity contribution is 0.367. The van der Waals surface area contributed by atoms with Crippen molar-refractivity contribution in [2.45, 2.75) is 25.2 Å². The zero-order valence-electron chi connectivity index (χ0n) is 20.5. The van der Waals surface area contributed by atoms with Crippen molar-refractivity contribution in [2.24, 2.45) is 7.05 Å². The maximum Gasteiger partial charge on any atom is 0.168 e. The number of rotatable bonds is 4. The topological polar surface area (TPSA) is 91.0 Å². The summed E-state index contributed by atoms with van der Waals surface area (Å²) in [5, 5.41) is 11.5. The quantitative estimate of drug-likeness (QED) is 0.730. The van der Waals surface area contributed by atoms with E-state index in [1.165, 1.54) is 6.07 Å². The van der Waals surface area contributed by atoms with Crippen LogP contribution in [0, 0.1) is 5.82 Å². The van der Waals surface area contributed by atoms with Crippen molar-refractivity contribution < 1.29 is 22.1 Å². The fraction of sp³-hybridized carbons (Fsp3) is 0.368. The fourth-order valence-electron chi connectivity index (χ4n) is 3.74. The van der Waals surface area contributed by atoms with Crippen molar-refractivity contribution in [3.8, 4) is 22.9 Å². The smallest absolute Gasteiger partial charge is 0.168 e. The normalized spacial score (nSPS) is 20.4. The Balaban J connectivity index is 1.70. The highest BCUT2D eigenvalue weighted by atomic mass is 19.1. The Morgan fingerprint density at radius 1 is 1.37 bits per heavy atom. The van der Waals surface area contributed by atoms with Crippen LogP contribution >= 0.6 is 0 Å². The van der Waals surface area contributed by atoms with Gasteiger partial charge in [-0.15, -0.1) is 0 Å². The van der Waals surface area contributed by atoms with Gasteiger partial charge in [0, 0.05) is 24.4 Å². The highest BCUT2D eigenvalue weighted by molar-refractivity contribution is 5.73. The molecule has 27 heavy (non-hydrogen) atoms. The van der Waals surface area contributed by atoms with Gasteiger partial charge in [0.25, 0.3) is 0 Å². The van der Waals surface area contributed by atoms with Crippen LogP contribution in [0.5, 0.6) is 11.5 Å². The largest absolute Gasteiger partial charge is 0.497 e. The second-order valence-electron chi connectivity index (χ2n) is 6.57. The summed E-state index contributed by atoms with van der Waals surface area (Å²) in [6.45, 7) is 0. The molecule has 8 heteroatoms. The van der Waals surface area contributed by atoms with E-state index in [0.29, 0.717) is 36.3 Å². The standard InChI is InChI=1S/C19H22FN5O2/c1-25-19(14(21)9-22-25)18-12-5-4-10(6-15(12)23-24-18)13-7-11(26-2)8-16(27-3)17(13)20/h7-10H,4-6,21H2,1-3H3,(H,23,24)/i2D3,3D3. The number of halogens is 1. The molecule has 2 aromatic heterocycles. The number of nitrogens with zero attached hydrogens (tertiary/aromatic N) is 3. The van der Waals surface area contributed by atoms with E-state index in [1.54, 1.807) is 17.9 Å². The van der Waals surface area contributed by atoms with Gasteiger partial charge in [0.15, 0.2) is 11.6 Å². The number of anilines is 1. The van der Waals surface area contributed by atoms with Gasteiger partial charge in [-0.1, -0.05) is 0 Å². The average molecular weight is 377 g/mol. The first kappa shape index (κ1) is 11.6. The predicted octanol–water partition coefficient (Wildman–Crippen LogP) is 2.82. The lowest BCUT2D eigenvalue weighted by Gasteiger charge is -2.24. The molecule has 1 aliphatic rings. The first-order valence-electron chi connectivity index (χ1n) is 11.4. The minimum atomic E-state index is -2.92. The van der Waals surface area contributed by atoms with Crippen LogP contribution in [-0.2, 0) is 19.9 Å². The molecule has 0 bridgehead atoms. The van der Waals surface area contributed by atoms with Crippen LogP contribution in [0.3, 0.4) is 0 Å². The highest BCUT2D eigenvalue weighted by Crippen LogP contribution is 2.40. The van der Waals surface area contributed by atoms with Gasteiger partial charge in [0.2, 0.25) is 0 Å². The summed E-state index contributed by atoms with van der Waals surface area (Å²) < 4.78 is 70.5. The van der Waals surface area contributed by atoms with Crippen molar-refractivity contribution in [2.75, 3.05) is 19.8 Å². The Morgan fingerprint density at radius 2 is 2.22 bits per heavy atom. The summed E-state index contributed by atoms with van der Waals surface area (Å²) in [6.07, 6.45) is 2.94. The number of nitrogen functional groups attached to an aromatic ring is 1. The second kappa shape index (κ2) is 6.61. The molecule has 0 aliphatic heterocycles. The molecule has 1 atom stereocenters. The zero-order valence-corrected chi connectivity index (χ0v) is 14.5. The number of aryl methyl sites for hydroxylation is 1. The first-order valence-corrected chi connectivity index (χ1v) is 8.38. The Labute approximate surface area is 164 Å². The van der Waals surface area contributed by atoms with Crippen LogP contribution in [0.25, 0.3) is 11.4 Å². The summed E-state index contributed by atoms with van der Waals surface area (Å²) >= 11 is 0. The van der Waals surface area contributed by atoms with Gasteiger partial charge in [0.05, 0.1) is 34.2 Å². The Morgan fingerprint density at radius 3 is 2.96 bits per heavy atom. The summed E-state index contributed by atoms with van der Waals surface area (Å²) in [6, 6.07) is 2.21. The molecule has 2 heterocycles. The molecule has 0 radical (unpaired) electrons. The molecule has 0 saturated heterocycles. The second-order valence-corrected chi connectivity index (χ2v) is 6.57. The number of H-pyrrole nitrogens is 1. The van der Waals surface area contributed by atoms with Crippen molar-refractivity contribution in [1.82, 2.24) is 20.0 Å². The van der Waals surface area contributed by atoms with E-state index in [1.807, 2.05) is 0 Å². The van der Waals surface area contributed by atoms with E-state index < -0.39 is 31.6 Å². The van der Waals surface area contributed by atoms with Gasteiger partial charge in [-0.2, -0.15) is 10.2 Å². The minimum absolute atomic E-state index is 0.109. The summed E-state index contributed by atoms with van der Waals surface area (Å²) in [5.41, 5.74) is 9.70. The molecular formula is C19H22FN5O2. The maximum atomic E-state index is 15.3. The Kier molecular flexibility index (Phi) is 2.85. The van der Waals surface area contributed by atoms with Crippen LogP contribution in [0.1, 0.15) is 37.4 Å². The molecule has 0 spiro atoms. The third kappa shape index (κ3) is 2.81. The lowest BCUT2D eigenvalue weighted by Crippen LogP contribution is -2.14. The minimum Gasteiger partial charge on any atom is -0.497 e. The fourth-order valence-corrected chi connectivity index (χ4v) is 3.74. The number of fused-ring (bicyclic) bond motifs is 1. The molecule has 0 fully saturated rings. The van der Waals surface area contributed by atoms with Gasteiger partial charge >= 0.3 is 0 Å². The zero-order chi connectivity index (χ0) is 24.1. The van der Waals surface area contributed by atoms with Gasteiger partial charge < -0.3 is 15.2 Å². The third-order valence-electron chi connectivity index (χ3n) is 5.05. The molecule has 0 saturated carbocycles. The number of benzene rings is 1. The van der Waals surface area contributed by atoms with Crippen LogP contribution < -0.4 is 15.2 Å². The van der Waals surface area contributed by atoms with Crippen molar-refractivity contribution >= 4 is 5.69 Å². The number of ether oxygens (including phenoxy) is 2. The summed E-state index contributed by atoms with van der Waals surface area (Å²) in [5.74, 6) is -2.06. The maximum absolute atomic E-state index is 15.3. The molecule has 0 amide bonds. The van der Waals surface area contributed by atoms with Crippen LogP contribution in [-0.4, -0.2) is 34.1 Å². The Hall–Kier alpha value is -3.03. The molecule has 3 N–H and O–H groups in total. The molecule has 1 aliphatic carbocycles. The average Bonchev–Trinajstić information content (AvgIpc) is 3.23. The number of methoxy groups -OCH3 is 2. The van der Waals surface area contributed by atoms with Crippen molar-refractivity contribution in [1.29, 1.82) is 0 Å². The summed E-state index contributed by atoms with van der Waals surface area (Å²) in [4.78, 5) is 0. The van der Waals surface area contributed by atoms with Crippen LogP contribution in [0.15, 0.2) is 18.3 Å². The van der Waals surface area contributed by atoms with Crippen LogP contribution in [0.2, 0.25) is 0 Å². The van der Waals surface area contributed by atoms with E-state index in [4.69, 9.17) is 23.4 Å². The van der Waals surface area contributed by atoms with Crippen molar-refractivity contribution in [3.63, 3.8) is 0 Å². The molecule has 142 valence electrons. The van der Waals surface area contributed by atoms with Gasteiger partial charge in [-0.3, -0.25) is 9.78 Å². The summed E-state index contributed by atoms with van der Waals surface area (Å²) in [7, 11) is -3.96. The molecule has 1 aromatic carbocycles. The molecule has 7 nitrogen and oxygen atoms in total. The number of hydrogen-bond acceptors (Lipinski definition) is 5. The first-order chi connectivity index (χ1) is 15.3. The van der Waals surface area contributed by atoms with E-state index >= 15 is 4.39 Å². The van der Waals surface area contributed by atoms with Gasteiger partial charge in [0.1, 0.15) is 17.1 Å².